The largest absolute Gasteiger partial charge is 0.586 e. The average Bonchev–Trinajstić information content (AvgIpc) is 3.06. The third-order valence-corrected chi connectivity index (χ3v) is 8.60. The highest BCUT2D eigenvalue weighted by Gasteiger charge is 2.53. The van der Waals surface area contributed by atoms with Crippen molar-refractivity contribution < 1.29 is 26.7 Å². The zero-order chi connectivity index (χ0) is 21.1. The summed E-state index contributed by atoms with van der Waals surface area (Å²) >= 11 is 1.07. The highest BCUT2D eigenvalue weighted by Crippen LogP contribution is 2.49. The third kappa shape index (κ3) is 3.36. The second-order valence-electron chi connectivity index (χ2n) is 7.61. The first-order valence-electron chi connectivity index (χ1n) is 9.24. The predicted octanol–water partition coefficient (Wildman–Crippen LogP) is 4.75. The summed E-state index contributed by atoms with van der Waals surface area (Å²) in [6, 6.07) is 17.2. The molecule has 1 saturated carbocycles. The van der Waals surface area contributed by atoms with Crippen molar-refractivity contribution in [2.45, 2.75) is 35.3 Å². The van der Waals surface area contributed by atoms with Gasteiger partial charge < -0.3 is 9.47 Å². The van der Waals surface area contributed by atoms with Gasteiger partial charge in [-0.1, -0.05) is 37.3 Å². The predicted molar refractivity (Wildman–Crippen MR) is 108 cm³/mol. The Kier molecular flexibility index (Phi) is 4.22. The van der Waals surface area contributed by atoms with Gasteiger partial charge in [0, 0.05) is 16.3 Å². The molecule has 0 unspecified atom stereocenters. The fraction of sp³-hybridized carbons (Fsp3) is 0.238. The first-order chi connectivity index (χ1) is 14.2. The van der Waals surface area contributed by atoms with Crippen LogP contribution in [-0.2, 0) is 15.4 Å². The summed E-state index contributed by atoms with van der Waals surface area (Å²) in [4.78, 5) is 0.624. The molecule has 2 aromatic carbocycles. The maximum Gasteiger partial charge on any atom is 0.586 e. The zero-order valence-electron chi connectivity index (χ0n) is 15.8. The van der Waals surface area contributed by atoms with Gasteiger partial charge in [-0.3, -0.25) is 0 Å². The van der Waals surface area contributed by atoms with Crippen molar-refractivity contribution in [3.05, 3.63) is 66.2 Å². The summed E-state index contributed by atoms with van der Waals surface area (Å²) < 4.78 is 64.0. The molecule has 2 atom stereocenters. The van der Waals surface area contributed by atoms with Crippen LogP contribution in [0.1, 0.15) is 18.9 Å². The van der Waals surface area contributed by atoms with Gasteiger partial charge in [0.15, 0.2) is 11.5 Å². The van der Waals surface area contributed by atoms with Crippen LogP contribution in [0.2, 0.25) is 0 Å². The van der Waals surface area contributed by atoms with Gasteiger partial charge in [0.05, 0.1) is 0 Å². The second-order valence-corrected chi connectivity index (χ2v) is 10.6. The van der Waals surface area contributed by atoms with E-state index in [4.69, 9.17) is 0 Å². The highest BCUT2D eigenvalue weighted by atomic mass is 32.2. The average molecular weight is 450 g/mol. The molecule has 0 spiro atoms. The molecule has 0 bridgehead atoms. The van der Waals surface area contributed by atoms with Crippen molar-refractivity contribution in [2.24, 2.45) is 0 Å². The van der Waals surface area contributed by atoms with Gasteiger partial charge >= 0.3 is 6.29 Å². The van der Waals surface area contributed by atoms with E-state index < -0.39 is 16.3 Å². The van der Waals surface area contributed by atoms with Crippen molar-refractivity contribution in [1.82, 2.24) is 4.72 Å². The highest BCUT2D eigenvalue weighted by molar-refractivity contribution is 7.91. The van der Waals surface area contributed by atoms with Crippen molar-refractivity contribution in [3.63, 3.8) is 0 Å². The number of ether oxygens (including phenoxy) is 2. The first kappa shape index (κ1) is 19.5. The molecule has 2 heterocycles. The molecule has 9 heteroatoms. The quantitative estimate of drug-likeness (QED) is 0.611. The molecular weight excluding hydrogens is 432 g/mol. The number of benzene rings is 2. The standard InChI is InChI=1S/C21H17F2NO4S2/c1-20(14-5-3-2-4-6-14)12-18(20)24-30(25,26)19-10-9-17(29-19)13-7-8-15-16(11-13)28-21(22,23)27-15/h2-11,18,24H,12H2,1H3/t18-,20+/m0/s1. The number of halogens is 2. The Morgan fingerprint density at radius 2 is 1.77 bits per heavy atom. The fourth-order valence-electron chi connectivity index (χ4n) is 3.64. The molecule has 1 N–H and O–H groups in total. The lowest BCUT2D eigenvalue weighted by molar-refractivity contribution is -0.286. The third-order valence-electron chi connectivity index (χ3n) is 5.50. The van der Waals surface area contributed by atoms with Gasteiger partial charge in [-0.2, -0.15) is 0 Å². The van der Waals surface area contributed by atoms with E-state index in [2.05, 4.69) is 14.2 Å². The molecule has 0 amide bonds. The lowest BCUT2D eigenvalue weighted by atomic mass is 9.98. The summed E-state index contributed by atoms with van der Waals surface area (Å²) in [5.74, 6) is -0.131. The Hall–Kier alpha value is -2.49. The molecule has 5 nitrogen and oxygen atoms in total. The molecule has 156 valence electrons. The minimum absolute atomic E-state index is 0.0521. The van der Waals surface area contributed by atoms with Gasteiger partial charge in [-0.15, -0.1) is 20.1 Å². The molecule has 5 rings (SSSR count). The number of hydrogen-bond donors (Lipinski definition) is 1. The molecular formula is C21H17F2NO4S2. The zero-order valence-corrected chi connectivity index (χ0v) is 17.4. The molecule has 1 aromatic heterocycles. The summed E-state index contributed by atoms with van der Waals surface area (Å²) in [5, 5.41) is 0. The SMILES string of the molecule is C[C@]1(c2ccccc2)C[C@@H]1NS(=O)(=O)c1ccc(-c2ccc3c(c2)OC(F)(F)O3)s1. The van der Waals surface area contributed by atoms with E-state index in [0.717, 1.165) is 23.3 Å². The number of sulfonamides is 1. The van der Waals surface area contributed by atoms with Crippen molar-refractivity contribution in [3.8, 4) is 21.9 Å². The molecule has 0 saturated heterocycles. The van der Waals surface area contributed by atoms with Gasteiger partial charge in [0.2, 0.25) is 10.0 Å². The Morgan fingerprint density at radius 3 is 2.53 bits per heavy atom. The normalized spacial score (nSPS) is 24.0. The van der Waals surface area contributed by atoms with Gasteiger partial charge in [0.25, 0.3) is 0 Å². The summed E-state index contributed by atoms with van der Waals surface area (Å²) in [6.45, 7) is 2.04. The fourth-order valence-corrected chi connectivity index (χ4v) is 6.31. The Balaban J connectivity index is 1.35. The Bertz CT molecular complexity index is 1230. The van der Waals surface area contributed by atoms with E-state index in [-0.39, 0.29) is 27.2 Å². The summed E-state index contributed by atoms with van der Waals surface area (Å²) in [5.41, 5.74) is 1.44. The lowest BCUT2D eigenvalue weighted by Crippen LogP contribution is -2.29. The molecule has 1 aliphatic heterocycles. The number of nitrogens with one attached hydrogen (secondary N) is 1. The second kappa shape index (κ2) is 6.50. The van der Waals surface area contributed by atoms with Crippen LogP contribution in [0.5, 0.6) is 11.5 Å². The number of fused-ring (bicyclic) bond motifs is 1. The topological polar surface area (TPSA) is 64.6 Å². The Morgan fingerprint density at radius 1 is 1.03 bits per heavy atom. The smallest absolute Gasteiger partial charge is 0.395 e. The summed E-state index contributed by atoms with van der Waals surface area (Å²) in [6.07, 6.45) is -2.96. The van der Waals surface area contributed by atoms with Crippen LogP contribution in [0.25, 0.3) is 10.4 Å². The van der Waals surface area contributed by atoms with E-state index in [1.807, 2.05) is 37.3 Å². The van der Waals surface area contributed by atoms with E-state index in [1.165, 1.54) is 18.2 Å². The van der Waals surface area contributed by atoms with Crippen LogP contribution >= 0.6 is 11.3 Å². The Labute approximate surface area is 176 Å². The molecule has 0 radical (unpaired) electrons. The van der Waals surface area contributed by atoms with E-state index in [9.17, 15) is 17.2 Å². The molecule has 2 aliphatic rings. The molecule has 3 aromatic rings. The maximum absolute atomic E-state index is 13.2. The van der Waals surface area contributed by atoms with Gasteiger partial charge in [-0.05, 0) is 47.9 Å². The number of hydrogen-bond acceptors (Lipinski definition) is 5. The summed E-state index contributed by atoms with van der Waals surface area (Å²) in [7, 11) is -3.70. The van der Waals surface area contributed by atoms with E-state index >= 15 is 0 Å². The van der Waals surface area contributed by atoms with Crippen molar-refractivity contribution in [2.75, 3.05) is 0 Å². The number of rotatable bonds is 5. The van der Waals surface area contributed by atoms with Crippen LogP contribution < -0.4 is 14.2 Å². The minimum atomic E-state index is -3.70. The van der Waals surface area contributed by atoms with Crippen LogP contribution in [0.15, 0.2) is 64.9 Å². The van der Waals surface area contributed by atoms with Crippen LogP contribution in [0, 0.1) is 0 Å². The molecule has 1 aliphatic carbocycles. The van der Waals surface area contributed by atoms with Gasteiger partial charge in [0.1, 0.15) is 4.21 Å². The number of thiophene rings is 1. The van der Waals surface area contributed by atoms with Crippen LogP contribution in [0.3, 0.4) is 0 Å². The van der Waals surface area contributed by atoms with Crippen LogP contribution in [-0.4, -0.2) is 20.8 Å². The maximum atomic E-state index is 13.2. The monoisotopic (exact) mass is 449 g/mol. The minimum Gasteiger partial charge on any atom is -0.395 e. The molecule has 1 fully saturated rings. The van der Waals surface area contributed by atoms with Crippen molar-refractivity contribution in [1.29, 1.82) is 0 Å². The van der Waals surface area contributed by atoms with E-state index in [0.29, 0.717) is 10.4 Å². The van der Waals surface area contributed by atoms with Crippen LogP contribution in [0.4, 0.5) is 8.78 Å². The lowest BCUT2D eigenvalue weighted by Gasteiger charge is -2.12. The molecule has 30 heavy (non-hydrogen) atoms. The van der Waals surface area contributed by atoms with Gasteiger partial charge in [-0.25, -0.2) is 13.1 Å². The number of alkyl halides is 2. The van der Waals surface area contributed by atoms with Crippen molar-refractivity contribution >= 4 is 21.4 Å². The first-order valence-corrected chi connectivity index (χ1v) is 11.5. The van der Waals surface area contributed by atoms with E-state index in [1.54, 1.807) is 12.1 Å².